The van der Waals surface area contributed by atoms with Crippen LogP contribution >= 0.6 is 0 Å². The molecule has 1 saturated heterocycles. The van der Waals surface area contributed by atoms with Crippen molar-refractivity contribution in [2.75, 3.05) is 38.0 Å². The summed E-state index contributed by atoms with van der Waals surface area (Å²) in [4.78, 5) is 17.3. The molecule has 2 aliphatic rings. The molecule has 2 fully saturated rings. The molecule has 4 nitrogen and oxygen atoms in total. The molecule has 0 spiro atoms. The highest BCUT2D eigenvalue weighted by Crippen LogP contribution is 2.28. The number of nitrogens with zero attached hydrogens (tertiary/aromatic N) is 2. The minimum atomic E-state index is 0.168. The predicted molar refractivity (Wildman–Crippen MR) is 85.8 cm³/mol. The van der Waals surface area contributed by atoms with Gasteiger partial charge in [0.2, 0.25) is 0 Å². The summed E-state index contributed by atoms with van der Waals surface area (Å²) in [5.41, 5.74) is 2.95. The third-order valence-corrected chi connectivity index (χ3v) is 4.44. The van der Waals surface area contributed by atoms with Crippen molar-refractivity contribution in [1.29, 1.82) is 0 Å². The minimum absolute atomic E-state index is 0.168. The van der Waals surface area contributed by atoms with Crippen molar-refractivity contribution >= 4 is 11.6 Å². The molecule has 1 aliphatic carbocycles. The van der Waals surface area contributed by atoms with Gasteiger partial charge in [-0.25, -0.2) is 0 Å². The average molecular weight is 287 g/mol. The first-order valence-corrected chi connectivity index (χ1v) is 8.07. The van der Waals surface area contributed by atoms with E-state index in [1.807, 2.05) is 17.0 Å². The van der Waals surface area contributed by atoms with E-state index < -0.39 is 0 Å². The number of anilines is 1. The predicted octanol–water partition coefficient (Wildman–Crippen LogP) is 2.35. The molecule has 1 heterocycles. The Kier molecular flexibility index (Phi) is 4.15. The Bertz CT molecular complexity index is 517. The van der Waals surface area contributed by atoms with Crippen LogP contribution in [0.4, 0.5) is 5.69 Å². The van der Waals surface area contributed by atoms with E-state index >= 15 is 0 Å². The van der Waals surface area contributed by atoms with Gasteiger partial charge in [0, 0.05) is 44.5 Å². The fourth-order valence-corrected chi connectivity index (χ4v) is 3.08. The molecule has 1 aromatic carbocycles. The molecule has 0 atom stereocenters. The molecule has 21 heavy (non-hydrogen) atoms. The zero-order valence-electron chi connectivity index (χ0n) is 13.1. The average Bonchev–Trinajstić information content (AvgIpc) is 3.32. The van der Waals surface area contributed by atoms with Crippen LogP contribution in [0.2, 0.25) is 0 Å². The maximum Gasteiger partial charge on any atom is 0.256 e. The normalized spacial score (nSPS) is 19.6. The lowest BCUT2D eigenvalue weighted by Crippen LogP contribution is -2.49. The van der Waals surface area contributed by atoms with Crippen molar-refractivity contribution < 1.29 is 4.79 Å². The highest BCUT2D eigenvalue weighted by atomic mass is 16.2. The molecule has 1 aromatic rings. The first kappa shape index (κ1) is 14.4. The standard InChI is InChI=1S/C17H25N3O/c1-3-18-16-12-13(2)4-7-15(16)17(21)20-10-8-19(9-11-20)14-5-6-14/h4,7,12,14,18H,3,5-6,8-11H2,1-2H3. The monoisotopic (exact) mass is 287 g/mol. The number of piperazine rings is 1. The number of benzene rings is 1. The van der Waals surface area contributed by atoms with Gasteiger partial charge in [0.15, 0.2) is 0 Å². The smallest absolute Gasteiger partial charge is 0.256 e. The van der Waals surface area contributed by atoms with E-state index in [9.17, 15) is 4.79 Å². The molecule has 1 amide bonds. The third-order valence-electron chi connectivity index (χ3n) is 4.44. The second-order valence-corrected chi connectivity index (χ2v) is 6.14. The van der Waals surface area contributed by atoms with Crippen molar-refractivity contribution in [1.82, 2.24) is 9.80 Å². The Labute approximate surface area is 127 Å². The summed E-state index contributed by atoms with van der Waals surface area (Å²) in [5.74, 6) is 0.168. The summed E-state index contributed by atoms with van der Waals surface area (Å²) in [6.45, 7) is 8.72. The maximum atomic E-state index is 12.8. The van der Waals surface area contributed by atoms with Crippen molar-refractivity contribution in [3.8, 4) is 0 Å². The number of aryl methyl sites for hydroxylation is 1. The van der Waals surface area contributed by atoms with Gasteiger partial charge in [0.25, 0.3) is 5.91 Å². The van der Waals surface area contributed by atoms with Gasteiger partial charge in [0.1, 0.15) is 0 Å². The largest absolute Gasteiger partial charge is 0.385 e. The second kappa shape index (κ2) is 6.06. The number of nitrogens with one attached hydrogen (secondary N) is 1. The van der Waals surface area contributed by atoms with Gasteiger partial charge in [-0.2, -0.15) is 0 Å². The lowest BCUT2D eigenvalue weighted by molar-refractivity contribution is 0.0628. The summed E-state index contributed by atoms with van der Waals surface area (Å²) < 4.78 is 0. The van der Waals surface area contributed by atoms with E-state index in [1.165, 1.54) is 18.4 Å². The molecule has 4 heteroatoms. The van der Waals surface area contributed by atoms with E-state index in [0.29, 0.717) is 0 Å². The number of amides is 1. The Morgan fingerprint density at radius 2 is 1.95 bits per heavy atom. The van der Waals surface area contributed by atoms with E-state index in [-0.39, 0.29) is 5.91 Å². The molecule has 114 valence electrons. The SMILES string of the molecule is CCNc1cc(C)ccc1C(=O)N1CCN(C2CC2)CC1. The van der Waals surface area contributed by atoms with Gasteiger partial charge in [-0.1, -0.05) is 6.07 Å². The molecule has 1 aliphatic heterocycles. The van der Waals surface area contributed by atoms with Gasteiger partial charge in [-0.3, -0.25) is 9.69 Å². The fraction of sp³-hybridized carbons (Fsp3) is 0.588. The number of hydrogen-bond acceptors (Lipinski definition) is 3. The molecule has 0 bridgehead atoms. The van der Waals surface area contributed by atoms with Crippen LogP contribution in [0, 0.1) is 6.92 Å². The highest BCUT2D eigenvalue weighted by molar-refractivity contribution is 5.99. The van der Waals surface area contributed by atoms with Crippen LogP contribution in [-0.4, -0.2) is 54.5 Å². The van der Waals surface area contributed by atoms with Gasteiger partial charge in [0.05, 0.1) is 5.56 Å². The molecule has 0 aromatic heterocycles. The topological polar surface area (TPSA) is 35.6 Å². The summed E-state index contributed by atoms with van der Waals surface area (Å²) >= 11 is 0. The van der Waals surface area contributed by atoms with E-state index in [4.69, 9.17) is 0 Å². The van der Waals surface area contributed by atoms with Crippen LogP contribution in [0.15, 0.2) is 18.2 Å². The van der Waals surface area contributed by atoms with E-state index in [1.54, 1.807) is 0 Å². The Morgan fingerprint density at radius 3 is 2.57 bits per heavy atom. The lowest BCUT2D eigenvalue weighted by Gasteiger charge is -2.35. The van der Waals surface area contributed by atoms with E-state index in [2.05, 4.69) is 30.1 Å². The van der Waals surface area contributed by atoms with Gasteiger partial charge >= 0.3 is 0 Å². The molecule has 1 saturated carbocycles. The quantitative estimate of drug-likeness (QED) is 0.923. The second-order valence-electron chi connectivity index (χ2n) is 6.14. The number of rotatable bonds is 4. The summed E-state index contributed by atoms with van der Waals surface area (Å²) in [6, 6.07) is 6.85. The summed E-state index contributed by atoms with van der Waals surface area (Å²) in [7, 11) is 0. The van der Waals surface area contributed by atoms with Gasteiger partial charge < -0.3 is 10.2 Å². The third kappa shape index (κ3) is 3.21. The number of carbonyl (C=O) groups is 1. The molecular formula is C17H25N3O. The molecule has 1 N–H and O–H groups in total. The first-order valence-electron chi connectivity index (χ1n) is 8.07. The van der Waals surface area contributed by atoms with Crippen LogP contribution in [0.5, 0.6) is 0 Å². The fourth-order valence-electron chi connectivity index (χ4n) is 3.08. The summed E-state index contributed by atoms with van der Waals surface area (Å²) in [6.07, 6.45) is 2.69. The Hall–Kier alpha value is -1.55. The van der Waals surface area contributed by atoms with Crippen molar-refractivity contribution in [2.45, 2.75) is 32.7 Å². The van der Waals surface area contributed by atoms with Crippen molar-refractivity contribution in [3.05, 3.63) is 29.3 Å². The van der Waals surface area contributed by atoms with Crippen LogP contribution in [0.1, 0.15) is 35.7 Å². The maximum absolute atomic E-state index is 12.8. The first-order chi connectivity index (χ1) is 10.2. The van der Waals surface area contributed by atoms with E-state index in [0.717, 1.165) is 50.0 Å². The summed E-state index contributed by atoms with van der Waals surface area (Å²) in [5, 5.41) is 3.32. The zero-order valence-corrected chi connectivity index (χ0v) is 13.1. The zero-order chi connectivity index (χ0) is 14.8. The van der Waals surface area contributed by atoms with Crippen LogP contribution in [0.3, 0.4) is 0 Å². The van der Waals surface area contributed by atoms with Crippen molar-refractivity contribution in [3.63, 3.8) is 0 Å². The Morgan fingerprint density at radius 1 is 1.24 bits per heavy atom. The highest BCUT2D eigenvalue weighted by Gasteiger charge is 2.32. The molecule has 0 unspecified atom stereocenters. The van der Waals surface area contributed by atoms with Gasteiger partial charge in [-0.15, -0.1) is 0 Å². The lowest BCUT2D eigenvalue weighted by atomic mass is 10.1. The number of hydrogen-bond donors (Lipinski definition) is 1. The van der Waals surface area contributed by atoms with Crippen LogP contribution < -0.4 is 5.32 Å². The molecule has 3 rings (SSSR count). The van der Waals surface area contributed by atoms with Crippen LogP contribution in [0.25, 0.3) is 0 Å². The Balaban J connectivity index is 1.70. The molecule has 0 radical (unpaired) electrons. The number of carbonyl (C=O) groups excluding carboxylic acids is 1. The van der Waals surface area contributed by atoms with Gasteiger partial charge in [-0.05, 0) is 44.4 Å². The van der Waals surface area contributed by atoms with Crippen LogP contribution in [-0.2, 0) is 0 Å². The minimum Gasteiger partial charge on any atom is -0.385 e. The van der Waals surface area contributed by atoms with Crippen molar-refractivity contribution in [2.24, 2.45) is 0 Å². The molecular weight excluding hydrogens is 262 g/mol.